The van der Waals surface area contributed by atoms with Gasteiger partial charge in [-0.05, 0) is 69.0 Å². The van der Waals surface area contributed by atoms with Crippen LogP contribution in [0.25, 0.3) is 0 Å². The summed E-state index contributed by atoms with van der Waals surface area (Å²) in [5, 5.41) is 12.2. The minimum absolute atomic E-state index is 0.292. The fraction of sp³-hybridized carbons (Fsp3) is 0.533. The van der Waals surface area contributed by atoms with Crippen molar-refractivity contribution in [1.29, 1.82) is 0 Å². The third-order valence-corrected chi connectivity index (χ3v) is 3.53. The van der Waals surface area contributed by atoms with Crippen molar-refractivity contribution in [3.8, 4) is 5.75 Å². The lowest BCUT2D eigenvalue weighted by Crippen LogP contribution is -2.29. The number of hydrogen-bond acceptors (Lipinski definition) is 3. The second kappa shape index (κ2) is 7.14. The summed E-state index contributed by atoms with van der Waals surface area (Å²) in [6, 6.07) is 6.57. The standard InChI is InChI=1S/C15H21NO3/c17-15(18)13-5-7-14(8-6-13)19-10-2-4-12-3-1-9-16-11-12/h5-8,12,16H,1-4,9-11H2,(H,17,18). The number of carboxylic acid groups (broad SMARTS) is 1. The molecular formula is C15H21NO3. The number of ether oxygens (including phenoxy) is 1. The summed E-state index contributed by atoms with van der Waals surface area (Å²) in [4.78, 5) is 10.7. The first-order valence-electron chi connectivity index (χ1n) is 6.92. The molecule has 2 rings (SSSR count). The summed E-state index contributed by atoms with van der Waals surface area (Å²) in [6.45, 7) is 2.99. The van der Waals surface area contributed by atoms with Gasteiger partial charge in [-0.15, -0.1) is 0 Å². The second-order valence-electron chi connectivity index (χ2n) is 5.03. The van der Waals surface area contributed by atoms with Gasteiger partial charge in [-0.2, -0.15) is 0 Å². The van der Waals surface area contributed by atoms with Gasteiger partial charge in [-0.25, -0.2) is 4.79 Å². The maximum Gasteiger partial charge on any atom is 0.335 e. The molecule has 1 saturated heterocycles. The lowest BCUT2D eigenvalue weighted by atomic mass is 9.95. The smallest absolute Gasteiger partial charge is 0.335 e. The Labute approximate surface area is 113 Å². The predicted molar refractivity (Wildman–Crippen MR) is 73.7 cm³/mol. The highest BCUT2D eigenvalue weighted by Gasteiger charge is 2.12. The molecule has 1 unspecified atom stereocenters. The molecule has 0 bridgehead atoms. The van der Waals surface area contributed by atoms with Gasteiger partial charge in [0, 0.05) is 0 Å². The van der Waals surface area contributed by atoms with E-state index in [0.717, 1.165) is 31.2 Å². The van der Waals surface area contributed by atoms with Crippen LogP contribution in [0, 0.1) is 5.92 Å². The molecule has 1 aliphatic heterocycles. The molecule has 19 heavy (non-hydrogen) atoms. The van der Waals surface area contributed by atoms with Crippen LogP contribution >= 0.6 is 0 Å². The van der Waals surface area contributed by atoms with Crippen LogP contribution in [0.2, 0.25) is 0 Å². The third kappa shape index (κ3) is 4.56. The SMILES string of the molecule is O=C(O)c1ccc(OCCCC2CCCNC2)cc1. The lowest BCUT2D eigenvalue weighted by molar-refractivity contribution is 0.0697. The largest absolute Gasteiger partial charge is 0.494 e. The zero-order valence-electron chi connectivity index (χ0n) is 11.1. The van der Waals surface area contributed by atoms with Crippen molar-refractivity contribution in [1.82, 2.24) is 5.32 Å². The van der Waals surface area contributed by atoms with E-state index >= 15 is 0 Å². The number of piperidine rings is 1. The Kier molecular flexibility index (Phi) is 5.21. The maximum atomic E-state index is 10.7. The van der Waals surface area contributed by atoms with Gasteiger partial charge in [0.25, 0.3) is 0 Å². The summed E-state index contributed by atoms with van der Waals surface area (Å²) in [5.41, 5.74) is 0.292. The molecule has 2 N–H and O–H groups in total. The van der Waals surface area contributed by atoms with Crippen LogP contribution in [0.5, 0.6) is 5.75 Å². The Morgan fingerprint density at radius 2 is 2.16 bits per heavy atom. The molecule has 0 aromatic heterocycles. The third-order valence-electron chi connectivity index (χ3n) is 3.53. The number of aromatic carboxylic acids is 1. The van der Waals surface area contributed by atoms with Crippen molar-refractivity contribution >= 4 is 5.97 Å². The zero-order valence-corrected chi connectivity index (χ0v) is 11.1. The van der Waals surface area contributed by atoms with E-state index in [2.05, 4.69) is 5.32 Å². The first-order valence-corrected chi connectivity index (χ1v) is 6.92. The summed E-state index contributed by atoms with van der Waals surface area (Å²) < 4.78 is 5.62. The van der Waals surface area contributed by atoms with E-state index in [1.165, 1.54) is 19.3 Å². The van der Waals surface area contributed by atoms with Gasteiger partial charge in [0.1, 0.15) is 5.75 Å². The Hall–Kier alpha value is -1.55. The molecule has 1 fully saturated rings. The van der Waals surface area contributed by atoms with E-state index in [9.17, 15) is 4.79 Å². The van der Waals surface area contributed by atoms with E-state index in [4.69, 9.17) is 9.84 Å². The highest BCUT2D eigenvalue weighted by Crippen LogP contribution is 2.17. The van der Waals surface area contributed by atoms with Gasteiger partial charge in [0.15, 0.2) is 0 Å². The molecule has 4 heteroatoms. The maximum absolute atomic E-state index is 10.7. The van der Waals surface area contributed by atoms with Crippen LogP contribution in [0.15, 0.2) is 24.3 Å². The van der Waals surface area contributed by atoms with Crippen LogP contribution in [-0.4, -0.2) is 30.8 Å². The quantitative estimate of drug-likeness (QED) is 0.774. The number of carbonyl (C=O) groups is 1. The van der Waals surface area contributed by atoms with Crippen LogP contribution in [0.4, 0.5) is 0 Å². The van der Waals surface area contributed by atoms with Gasteiger partial charge in [-0.1, -0.05) is 0 Å². The van der Waals surface area contributed by atoms with E-state index in [1.54, 1.807) is 24.3 Å². The average molecular weight is 263 g/mol. The molecule has 1 aromatic rings. The average Bonchev–Trinajstić information content (AvgIpc) is 2.45. The van der Waals surface area contributed by atoms with Crippen molar-refractivity contribution in [2.75, 3.05) is 19.7 Å². The topological polar surface area (TPSA) is 58.6 Å². The molecule has 0 spiro atoms. The van der Waals surface area contributed by atoms with Crippen LogP contribution in [-0.2, 0) is 0 Å². The first-order chi connectivity index (χ1) is 9.25. The Bertz CT molecular complexity index is 396. The Morgan fingerprint density at radius 1 is 1.37 bits per heavy atom. The van der Waals surface area contributed by atoms with Crippen molar-refractivity contribution in [3.05, 3.63) is 29.8 Å². The molecule has 0 aliphatic carbocycles. The predicted octanol–water partition coefficient (Wildman–Crippen LogP) is 2.54. The molecule has 1 aliphatic rings. The normalized spacial score (nSPS) is 19.1. The van der Waals surface area contributed by atoms with E-state index in [1.807, 2.05) is 0 Å². The Morgan fingerprint density at radius 3 is 2.79 bits per heavy atom. The molecule has 1 atom stereocenters. The number of hydrogen-bond donors (Lipinski definition) is 2. The number of carboxylic acids is 1. The summed E-state index contributed by atoms with van der Waals surface area (Å²) in [6.07, 6.45) is 4.84. The van der Waals surface area contributed by atoms with Crippen LogP contribution in [0.1, 0.15) is 36.0 Å². The second-order valence-corrected chi connectivity index (χ2v) is 5.03. The van der Waals surface area contributed by atoms with E-state index in [0.29, 0.717) is 12.2 Å². The molecular weight excluding hydrogens is 242 g/mol. The van der Waals surface area contributed by atoms with Gasteiger partial charge >= 0.3 is 5.97 Å². The molecule has 1 aromatic carbocycles. The van der Waals surface area contributed by atoms with Gasteiger partial charge < -0.3 is 15.2 Å². The highest BCUT2D eigenvalue weighted by atomic mass is 16.5. The van der Waals surface area contributed by atoms with Gasteiger partial charge in [0.2, 0.25) is 0 Å². The molecule has 1 heterocycles. The lowest BCUT2D eigenvalue weighted by Gasteiger charge is -2.22. The van der Waals surface area contributed by atoms with Crippen molar-refractivity contribution < 1.29 is 14.6 Å². The number of rotatable bonds is 6. The fourth-order valence-corrected chi connectivity index (χ4v) is 2.43. The summed E-state index contributed by atoms with van der Waals surface area (Å²) in [7, 11) is 0. The summed E-state index contributed by atoms with van der Waals surface area (Å²) >= 11 is 0. The molecule has 0 saturated carbocycles. The highest BCUT2D eigenvalue weighted by molar-refractivity contribution is 5.87. The zero-order chi connectivity index (χ0) is 13.5. The van der Waals surface area contributed by atoms with E-state index in [-0.39, 0.29) is 0 Å². The molecule has 104 valence electrons. The van der Waals surface area contributed by atoms with Gasteiger partial charge in [-0.3, -0.25) is 0 Å². The molecule has 0 amide bonds. The van der Waals surface area contributed by atoms with Crippen LogP contribution < -0.4 is 10.1 Å². The van der Waals surface area contributed by atoms with Crippen LogP contribution in [0.3, 0.4) is 0 Å². The monoisotopic (exact) mass is 263 g/mol. The van der Waals surface area contributed by atoms with Crippen molar-refractivity contribution in [3.63, 3.8) is 0 Å². The van der Waals surface area contributed by atoms with Crippen molar-refractivity contribution in [2.45, 2.75) is 25.7 Å². The number of benzene rings is 1. The Balaban J connectivity index is 1.66. The fourth-order valence-electron chi connectivity index (χ4n) is 2.43. The van der Waals surface area contributed by atoms with Gasteiger partial charge in [0.05, 0.1) is 12.2 Å². The molecule has 0 radical (unpaired) electrons. The minimum atomic E-state index is -0.906. The van der Waals surface area contributed by atoms with Crippen molar-refractivity contribution in [2.24, 2.45) is 5.92 Å². The molecule has 4 nitrogen and oxygen atoms in total. The minimum Gasteiger partial charge on any atom is -0.494 e. The number of nitrogens with one attached hydrogen (secondary N) is 1. The summed E-state index contributed by atoms with van der Waals surface area (Å²) in [5.74, 6) is 0.620. The first kappa shape index (κ1) is 13.9. The van der Waals surface area contributed by atoms with E-state index < -0.39 is 5.97 Å².